The SMILES string of the molecule is CC[C@@]1(C(=O)O)[C@@H](c2ccccc2)[C@@H]1c1cncnc1. The number of aromatic nitrogens is 2. The van der Waals surface area contributed by atoms with Crippen molar-refractivity contribution in [3.05, 3.63) is 60.2 Å². The van der Waals surface area contributed by atoms with Crippen LogP contribution in [0.15, 0.2) is 49.1 Å². The molecule has 1 aromatic carbocycles. The summed E-state index contributed by atoms with van der Waals surface area (Å²) in [4.78, 5) is 19.9. The number of nitrogens with zero attached hydrogens (tertiary/aromatic N) is 2. The summed E-state index contributed by atoms with van der Waals surface area (Å²) in [6.07, 6.45) is 5.53. The third-order valence-corrected chi connectivity index (χ3v) is 4.42. The van der Waals surface area contributed by atoms with E-state index in [1.54, 1.807) is 12.4 Å². The first-order valence-corrected chi connectivity index (χ1v) is 6.75. The van der Waals surface area contributed by atoms with E-state index in [9.17, 15) is 9.90 Å². The van der Waals surface area contributed by atoms with E-state index >= 15 is 0 Å². The summed E-state index contributed by atoms with van der Waals surface area (Å²) in [5.41, 5.74) is 1.25. The highest BCUT2D eigenvalue weighted by Crippen LogP contribution is 2.71. The lowest BCUT2D eigenvalue weighted by molar-refractivity contribution is -0.143. The number of aliphatic carboxylic acids is 1. The number of carboxylic acids is 1. The maximum atomic E-state index is 11.8. The lowest BCUT2D eigenvalue weighted by Gasteiger charge is -2.09. The number of rotatable bonds is 4. The summed E-state index contributed by atoms with van der Waals surface area (Å²) in [7, 11) is 0. The Hall–Kier alpha value is -2.23. The van der Waals surface area contributed by atoms with Crippen molar-refractivity contribution >= 4 is 5.97 Å². The first kappa shape index (κ1) is 12.8. The van der Waals surface area contributed by atoms with Gasteiger partial charge in [0.25, 0.3) is 0 Å². The summed E-state index contributed by atoms with van der Waals surface area (Å²) in [5.74, 6) is -0.784. The van der Waals surface area contributed by atoms with Gasteiger partial charge < -0.3 is 5.11 Å². The van der Waals surface area contributed by atoms with Crippen LogP contribution in [0.4, 0.5) is 0 Å². The zero-order valence-electron chi connectivity index (χ0n) is 11.2. The largest absolute Gasteiger partial charge is 0.481 e. The maximum absolute atomic E-state index is 11.8. The van der Waals surface area contributed by atoms with Gasteiger partial charge in [0.1, 0.15) is 6.33 Å². The molecule has 0 amide bonds. The average Bonchev–Trinajstić information content (AvgIpc) is 3.19. The number of hydrogen-bond donors (Lipinski definition) is 1. The Kier molecular flexibility index (Phi) is 3.01. The van der Waals surface area contributed by atoms with Gasteiger partial charge in [-0.3, -0.25) is 4.79 Å². The number of carbonyl (C=O) groups is 1. The summed E-state index contributed by atoms with van der Waals surface area (Å²) >= 11 is 0. The Morgan fingerprint density at radius 2 is 1.75 bits per heavy atom. The van der Waals surface area contributed by atoms with E-state index in [4.69, 9.17) is 0 Å². The van der Waals surface area contributed by atoms with Crippen molar-refractivity contribution in [2.45, 2.75) is 25.2 Å². The first-order valence-electron chi connectivity index (χ1n) is 6.75. The molecule has 1 aliphatic rings. The minimum Gasteiger partial charge on any atom is -0.481 e. The zero-order valence-corrected chi connectivity index (χ0v) is 11.2. The highest BCUT2D eigenvalue weighted by molar-refractivity contribution is 5.83. The minimum atomic E-state index is -0.734. The van der Waals surface area contributed by atoms with Crippen LogP contribution in [0, 0.1) is 5.41 Å². The molecule has 4 nitrogen and oxygen atoms in total. The molecule has 1 fully saturated rings. The third kappa shape index (κ3) is 1.72. The molecule has 1 heterocycles. The van der Waals surface area contributed by atoms with E-state index < -0.39 is 11.4 Å². The molecule has 0 unspecified atom stereocenters. The molecule has 0 aliphatic heterocycles. The molecule has 2 aromatic rings. The molecule has 3 atom stereocenters. The van der Waals surface area contributed by atoms with Gasteiger partial charge in [-0.1, -0.05) is 37.3 Å². The lowest BCUT2D eigenvalue weighted by atomic mass is 9.95. The van der Waals surface area contributed by atoms with Crippen LogP contribution in [0.1, 0.15) is 36.3 Å². The van der Waals surface area contributed by atoms with Crippen LogP contribution in [-0.2, 0) is 4.79 Å². The van der Waals surface area contributed by atoms with Crippen molar-refractivity contribution in [2.24, 2.45) is 5.41 Å². The second kappa shape index (κ2) is 4.71. The van der Waals surface area contributed by atoms with Crippen molar-refractivity contribution in [3.8, 4) is 0 Å². The Morgan fingerprint density at radius 1 is 1.15 bits per heavy atom. The number of hydrogen-bond acceptors (Lipinski definition) is 3. The van der Waals surface area contributed by atoms with Crippen LogP contribution in [0.2, 0.25) is 0 Å². The quantitative estimate of drug-likeness (QED) is 0.926. The van der Waals surface area contributed by atoms with Gasteiger partial charge in [0, 0.05) is 24.2 Å². The van der Waals surface area contributed by atoms with Gasteiger partial charge in [-0.2, -0.15) is 0 Å². The topological polar surface area (TPSA) is 63.1 Å². The molecule has 0 bridgehead atoms. The Balaban J connectivity index is 2.06. The predicted octanol–water partition coefficient (Wildman–Crippen LogP) is 2.84. The molecule has 1 aromatic heterocycles. The summed E-state index contributed by atoms with van der Waals surface area (Å²) in [5, 5.41) is 9.73. The van der Waals surface area contributed by atoms with Crippen LogP contribution >= 0.6 is 0 Å². The van der Waals surface area contributed by atoms with E-state index in [2.05, 4.69) is 9.97 Å². The van der Waals surface area contributed by atoms with Gasteiger partial charge in [0.05, 0.1) is 5.41 Å². The van der Waals surface area contributed by atoms with Crippen LogP contribution < -0.4 is 0 Å². The molecule has 20 heavy (non-hydrogen) atoms. The van der Waals surface area contributed by atoms with Crippen molar-refractivity contribution in [1.29, 1.82) is 0 Å². The van der Waals surface area contributed by atoms with Crippen molar-refractivity contribution < 1.29 is 9.90 Å². The van der Waals surface area contributed by atoms with E-state index in [-0.39, 0.29) is 11.8 Å². The smallest absolute Gasteiger partial charge is 0.310 e. The van der Waals surface area contributed by atoms with Gasteiger partial charge in [0.2, 0.25) is 0 Å². The van der Waals surface area contributed by atoms with Crippen LogP contribution in [-0.4, -0.2) is 21.0 Å². The van der Waals surface area contributed by atoms with Gasteiger partial charge in [0.15, 0.2) is 0 Å². The van der Waals surface area contributed by atoms with Crippen molar-refractivity contribution in [1.82, 2.24) is 9.97 Å². The average molecular weight is 268 g/mol. The minimum absolute atomic E-state index is 0.00259. The first-order chi connectivity index (χ1) is 9.71. The van der Waals surface area contributed by atoms with Gasteiger partial charge in [-0.05, 0) is 17.5 Å². The molecule has 0 saturated heterocycles. The highest BCUT2D eigenvalue weighted by Gasteiger charge is 2.69. The van der Waals surface area contributed by atoms with E-state index in [1.807, 2.05) is 37.3 Å². The lowest BCUT2D eigenvalue weighted by Crippen LogP contribution is -2.17. The third-order valence-electron chi connectivity index (χ3n) is 4.42. The maximum Gasteiger partial charge on any atom is 0.310 e. The second-order valence-electron chi connectivity index (χ2n) is 5.24. The molecule has 1 aliphatic carbocycles. The number of carboxylic acid groups (broad SMARTS) is 1. The molecular formula is C16H16N2O2. The summed E-state index contributed by atoms with van der Waals surface area (Å²) in [6.45, 7) is 1.94. The fourth-order valence-electron chi connectivity index (χ4n) is 3.41. The molecular weight excluding hydrogens is 252 g/mol. The Bertz CT molecular complexity index is 567. The number of benzene rings is 1. The molecule has 102 valence electrons. The van der Waals surface area contributed by atoms with Gasteiger partial charge in [-0.15, -0.1) is 0 Å². The van der Waals surface area contributed by atoms with Gasteiger partial charge in [-0.25, -0.2) is 9.97 Å². The van der Waals surface area contributed by atoms with Crippen LogP contribution in [0.3, 0.4) is 0 Å². The van der Waals surface area contributed by atoms with Gasteiger partial charge >= 0.3 is 5.97 Å². The summed E-state index contributed by atoms with van der Waals surface area (Å²) < 4.78 is 0. The van der Waals surface area contributed by atoms with E-state index in [0.717, 1.165) is 11.1 Å². The predicted molar refractivity (Wildman–Crippen MR) is 74.3 cm³/mol. The monoisotopic (exact) mass is 268 g/mol. The van der Waals surface area contributed by atoms with E-state index in [0.29, 0.717) is 6.42 Å². The van der Waals surface area contributed by atoms with Crippen molar-refractivity contribution in [3.63, 3.8) is 0 Å². The molecule has 0 radical (unpaired) electrons. The summed E-state index contributed by atoms with van der Waals surface area (Å²) in [6, 6.07) is 9.85. The molecule has 1 saturated carbocycles. The van der Waals surface area contributed by atoms with Crippen LogP contribution in [0.25, 0.3) is 0 Å². The Morgan fingerprint density at radius 3 is 2.30 bits per heavy atom. The van der Waals surface area contributed by atoms with Crippen molar-refractivity contribution in [2.75, 3.05) is 0 Å². The molecule has 4 heteroatoms. The zero-order chi connectivity index (χ0) is 14.2. The highest BCUT2D eigenvalue weighted by atomic mass is 16.4. The second-order valence-corrected chi connectivity index (χ2v) is 5.24. The van der Waals surface area contributed by atoms with Crippen LogP contribution in [0.5, 0.6) is 0 Å². The fraction of sp³-hybridized carbons (Fsp3) is 0.312. The molecule has 3 rings (SSSR count). The Labute approximate surface area is 117 Å². The molecule has 1 N–H and O–H groups in total. The normalized spacial score (nSPS) is 28.1. The van der Waals surface area contributed by atoms with E-state index in [1.165, 1.54) is 6.33 Å². The fourth-order valence-corrected chi connectivity index (χ4v) is 3.41. The molecule has 0 spiro atoms. The standard InChI is InChI=1S/C16H16N2O2/c1-2-16(15(19)20)13(11-6-4-3-5-7-11)14(16)12-8-17-10-18-9-12/h3-10,13-14H,2H2,1H3,(H,19,20)/t13-,14-,16+/m0/s1.